The van der Waals surface area contributed by atoms with E-state index in [0.717, 1.165) is 0 Å². The molecule has 0 N–H and O–H groups in total. The van der Waals surface area contributed by atoms with Gasteiger partial charge in [-0.15, -0.1) is 0 Å². The zero-order valence-electron chi connectivity index (χ0n) is 10.5. The summed E-state index contributed by atoms with van der Waals surface area (Å²) in [6, 6.07) is 0. The Morgan fingerprint density at radius 1 is 1.31 bits per heavy atom. The van der Waals surface area contributed by atoms with Gasteiger partial charge in [-0.2, -0.15) is 0 Å². The van der Waals surface area contributed by atoms with Crippen LogP contribution in [0.15, 0.2) is 0 Å². The van der Waals surface area contributed by atoms with E-state index >= 15 is 0 Å². The summed E-state index contributed by atoms with van der Waals surface area (Å²) in [5.41, 5.74) is -0.576. The maximum atomic E-state index is 11.5. The van der Waals surface area contributed by atoms with Crippen LogP contribution in [-0.2, 0) is 23.8 Å². The first-order valence-electron chi connectivity index (χ1n) is 5.23. The lowest BCUT2D eigenvalue weighted by molar-refractivity contribution is -0.180. The summed E-state index contributed by atoms with van der Waals surface area (Å²) in [6.45, 7) is 6.61. The van der Waals surface area contributed by atoms with Crippen LogP contribution in [0.2, 0.25) is 0 Å². The van der Waals surface area contributed by atoms with Crippen LogP contribution in [0, 0.1) is 5.41 Å². The standard InChI is InChI=1S/C11H20O5/c1-6-11(3,4)10(13)15-7-9(12)16-8(2)14-5/h8H,6-7H2,1-5H3. The number of carbonyl (C=O) groups excluding carboxylic acids is 2. The van der Waals surface area contributed by atoms with Gasteiger partial charge >= 0.3 is 11.9 Å². The smallest absolute Gasteiger partial charge is 0.346 e. The van der Waals surface area contributed by atoms with Crippen molar-refractivity contribution in [2.45, 2.75) is 40.4 Å². The largest absolute Gasteiger partial charge is 0.453 e. The number of hydrogen-bond donors (Lipinski definition) is 0. The molecule has 0 aromatic carbocycles. The van der Waals surface area contributed by atoms with Gasteiger partial charge in [0.05, 0.1) is 5.41 Å². The molecule has 0 aromatic heterocycles. The molecule has 0 aliphatic heterocycles. The predicted molar refractivity (Wildman–Crippen MR) is 57.6 cm³/mol. The Morgan fingerprint density at radius 2 is 1.88 bits per heavy atom. The summed E-state index contributed by atoms with van der Waals surface area (Å²) < 4.78 is 14.3. The van der Waals surface area contributed by atoms with Crippen LogP contribution in [0.25, 0.3) is 0 Å². The highest BCUT2D eigenvalue weighted by Gasteiger charge is 2.27. The topological polar surface area (TPSA) is 61.8 Å². The van der Waals surface area contributed by atoms with Crippen molar-refractivity contribution in [2.24, 2.45) is 5.41 Å². The molecule has 0 bridgehead atoms. The molecule has 0 aliphatic carbocycles. The summed E-state index contributed by atoms with van der Waals surface area (Å²) in [7, 11) is 1.42. The molecule has 5 nitrogen and oxygen atoms in total. The Hall–Kier alpha value is -1.10. The molecule has 0 saturated carbocycles. The molecule has 0 saturated heterocycles. The van der Waals surface area contributed by atoms with Crippen molar-refractivity contribution in [3.8, 4) is 0 Å². The first-order valence-corrected chi connectivity index (χ1v) is 5.23. The molecule has 0 radical (unpaired) electrons. The third-order valence-corrected chi connectivity index (χ3v) is 2.39. The van der Waals surface area contributed by atoms with Gasteiger partial charge < -0.3 is 14.2 Å². The third-order valence-electron chi connectivity index (χ3n) is 2.39. The molecule has 16 heavy (non-hydrogen) atoms. The number of carbonyl (C=O) groups is 2. The van der Waals surface area contributed by atoms with Gasteiger partial charge in [-0.25, -0.2) is 4.79 Å². The average Bonchev–Trinajstić information content (AvgIpc) is 2.25. The van der Waals surface area contributed by atoms with Crippen LogP contribution in [-0.4, -0.2) is 31.9 Å². The fourth-order valence-corrected chi connectivity index (χ4v) is 0.731. The summed E-state index contributed by atoms with van der Waals surface area (Å²) in [6.07, 6.45) is 0.0143. The normalized spacial score (nSPS) is 13.1. The lowest BCUT2D eigenvalue weighted by Gasteiger charge is -2.20. The van der Waals surface area contributed by atoms with Crippen LogP contribution in [0.1, 0.15) is 34.1 Å². The van der Waals surface area contributed by atoms with Crippen LogP contribution in [0.3, 0.4) is 0 Å². The van der Waals surface area contributed by atoms with Gasteiger partial charge in [0.15, 0.2) is 12.9 Å². The van der Waals surface area contributed by atoms with E-state index in [0.29, 0.717) is 6.42 Å². The van der Waals surface area contributed by atoms with E-state index in [2.05, 4.69) is 0 Å². The Bertz CT molecular complexity index is 247. The number of rotatable bonds is 6. The molecule has 0 aliphatic rings. The average molecular weight is 232 g/mol. The quantitative estimate of drug-likeness (QED) is 0.513. The van der Waals surface area contributed by atoms with Gasteiger partial charge in [-0.05, 0) is 27.2 Å². The van der Waals surface area contributed by atoms with Gasteiger partial charge in [-0.1, -0.05) is 6.92 Å². The zero-order chi connectivity index (χ0) is 12.8. The Labute approximate surface area is 96.1 Å². The van der Waals surface area contributed by atoms with Gasteiger partial charge in [0.1, 0.15) is 0 Å². The molecule has 0 heterocycles. The molecule has 5 heteroatoms. The van der Waals surface area contributed by atoms with E-state index in [1.54, 1.807) is 20.8 Å². The summed E-state index contributed by atoms with van der Waals surface area (Å²) in [5.74, 6) is -1.02. The van der Waals surface area contributed by atoms with Gasteiger partial charge in [-0.3, -0.25) is 4.79 Å². The third kappa shape index (κ3) is 5.11. The lowest BCUT2D eigenvalue weighted by Crippen LogP contribution is -2.29. The van der Waals surface area contributed by atoms with Gasteiger partial charge in [0, 0.05) is 7.11 Å². The van der Waals surface area contributed by atoms with Crippen molar-refractivity contribution in [1.82, 2.24) is 0 Å². The second-order valence-electron chi connectivity index (χ2n) is 4.11. The number of methoxy groups -OCH3 is 1. The van der Waals surface area contributed by atoms with E-state index in [4.69, 9.17) is 14.2 Å². The molecular weight excluding hydrogens is 212 g/mol. The molecule has 1 unspecified atom stereocenters. The fraction of sp³-hybridized carbons (Fsp3) is 0.818. The number of hydrogen-bond acceptors (Lipinski definition) is 5. The molecule has 0 rings (SSSR count). The highest BCUT2D eigenvalue weighted by molar-refractivity contribution is 5.79. The van der Waals surface area contributed by atoms with E-state index in [9.17, 15) is 9.59 Å². The highest BCUT2D eigenvalue weighted by Crippen LogP contribution is 2.21. The van der Waals surface area contributed by atoms with Crippen molar-refractivity contribution in [3.05, 3.63) is 0 Å². The molecule has 0 fully saturated rings. The first-order chi connectivity index (χ1) is 7.33. The van der Waals surface area contributed by atoms with E-state index in [-0.39, 0.29) is 6.61 Å². The van der Waals surface area contributed by atoms with Crippen molar-refractivity contribution >= 4 is 11.9 Å². The lowest BCUT2D eigenvalue weighted by atomic mass is 9.91. The summed E-state index contributed by atoms with van der Waals surface area (Å²) in [4.78, 5) is 22.6. The van der Waals surface area contributed by atoms with Crippen molar-refractivity contribution in [2.75, 3.05) is 13.7 Å². The van der Waals surface area contributed by atoms with Crippen LogP contribution in [0.5, 0.6) is 0 Å². The first kappa shape index (κ1) is 14.9. The minimum Gasteiger partial charge on any atom is -0.453 e. The van der Waals surface area contributed by atoms with Gasteiger partial charge in [0.25, 0.3) is 0 Å². The van der Waals surface area contributed by atoms with Crippen molar-refractivity contribution < 1.29 is 23.8 Å². The Morgan fingerprint density at radius 3 is 2.31 bits per heavy atom. The molecule has 0 spiro atoms. The number of esters is 2. The molecule has 0 aromatic rings. The summed E-state index contributed by atoms with van der Waals surface area (Å²) >= 11 is 0. The zero-order valence-corrected chi connectivity index (χ0v) is 10.5. The van der Waals surface area contributed by atoms with Crippen molar-refractivity contribution in [1.29, 1.82) is 0 Å². The second kappa shape index (κ2) is 6.48. The fourth-order valence-electron chi connectivity index (χ4n) is 0.731. The van der Waals surface area contributed by atoms with E-state index in [1.165, 1.54) is 7.11 Å². The Balaban J connectivity index is 3.98. The number of ether oxygens (including phenoxy) is 3. The maximum Gasteiger partial charge on any atom is 0.346 e. The molecule has 1 atom stereocenters. The minimum atomic E-state index is -0.634. The SMILES string of the molecule is CCC(C)(C)C(=O)OCC(=O)OC(C)OC. The van der Waals surface area contributed by atoms with E-state index < -0.39 is 23.6 Å². The van der Waals surface area contributed by atoms with E-state index in [1.807, 2.05) is 6.92 Å². The second-order valence-corrected chi connectivity index (χ2v) is 4.11. The minimum absolute atomic E-state index is 0.379. The summed E-state index contributed by atoms with van der Waals surface area (Å²) in [5, 5.41) is 0. The van der Waals surface area contributed by atoms with Gasteiger partial charge in [0.2, 0.25) is 0 Å². The van der Waals surface area contributed by atoms with Crippen LogP contribution < -0.4 is 0 Å². The van der Waals surface area contributed by atoms with Crippen LogP contribution in [0.4, 0.5) is 0 Å². The molecule has 0 amide bonds. The Kier molecular flexibility index (Phi) is 6.03. The monoisotopic (exact) mass is 232 g/mol. The predicted octanol–water partition coefficient (Wildman–Crippen LogP) is 1.50. The highest BCUT2D eigenvalue weighted by atomic mass is 16.7. The van der Waals surface area contributed by atoms with Crippen molar-refractivity contribution in [3.63, 3.8) is 0 Å². The molecular formula is C11H20O5. The maximum absolute atomic E-state index is 11.5. The molecule has 94 valence electrons. The van der Waals surface area contributed by atoms with Crippen LogP contribution >= 0.6 is 0 Å².